The van der Waals surface area contributed by atoms with Gasteiger partial charge in [0.15, 0.2) is 0 Å². The van der Waals surface area contributed by atoms with E-state index in [2.05, 4.69) is 15.6 Å². The van der Waals surface area contributed by atoms with E-state index in [9.17, 15) is 9.59 Å². The lowest BCUT2D eigenvalue weighted by molar-refractivity contribution is -0.122. The van der Waals surface area contributed by atoms with E-state index in [0.717, 1.165) is 0 Å². The Labute approximate surface area is 112 Å². The van der Waals surface area contributed by atoms with Crippen LogP contribution < -0.4 is 16.4 Å². The molecule has 6 heteroatoms. The second kappa shape index (κ2) is 6.17. The summed E-state index contributed by atoms with van der Waals surface area (Å²) in [6.45, 7) is 6.00. The second-order valence-corrected chi connectivity index (χ2v) is 5.27. The molecule has 104 valence electrons. The SMILES string of the molecule is CC(C)(C)NC(=O)CCNC(=O)c1ccnc(N)c1. The zero-order valence-electron chi connectivity index (χ0n) is 11.5. The van der Waals surface area contributed by atoms with Gasteiger partial charge >= 0.3 is 0 Å². The van der Waals surface area contributed by atoms with Crippen LogP contribution in [0.2, 0.25) is 0 Å². The summed E-state index contributed by atoms with van der Waals surface area (Å²) in [7, 11) is 0. The highest BCUT2D eigenvalue weighted by Crippen LogP contribution is 2.02. The van der Waals surface area contributed by atoms with Crippen LogP contribution in [0.4, 0.5) is 5.82 Å². The van der Waals surface area contributed by atoms with Crippen molar-refractivity contribution in [3.8, 4) is 0 Å². The molecule has 0 bridgehead atoms. The van der Waals surface area contributed by atoms with E-state index >= 15 is 0 Å². The fourth-order valence-corrected chi connectivity index (χ4v) is 1.46. The summed E-state index contributed by atoms with van der Waals surface area (Å²) in [4.78, 5) is 27.1. The molecule has 19 heavy (non-hydrogen) atoms. The largest absolute Gasteiger partial charge is 0.384 e. The van der Waals surface area contributed by atoms with Gasteiger partial charge in [-0.25, -0.2) is 4.98 Å². The van der Waals surface area contributed by atoms with Crippen molar-refractivity contribution in [1.82, 2.24) is 15.6 Å². The van der Waals surface area contributed by atoms with Gasteiger partial charge < -0.3 is 16.4 Å². The summed E-state index contributed by atoms with van der Waals surface area (Å²) in [6.07, 6.45) is 1.71. The van der Waals surface area contributed by atoms with E-state index in [1.54, 1.807) is 6.07 Å². The second-order valence-electron chi connectivity index (χ2n) is 5.27. The van der Waals surface area contributed by atoms with E-state index in [4.69, 9.17) is 5.73 Å². The van der Waals surface area contributed by atoms with Gasteiger partial charge in [0.1, 0.15) is 5.82 Å². The Bertz CT molecular complexity index is 466. The average Bonchev–Trinajstić information content (AvgIpc) is 2.26. The third-order valence-electron chi connectivity index (χ3n) is 2.20. The molecule has 0 radical (unpaired) electrons. The lowest BCUT2D eigenvalue weighted by Gasteiger charge is -2.20. The molecule has 0 saturated heterocycles. The predicted octanol–water partition coefficient (Wildman–Crippen LogP) is 0.698. The molecule has 1 aromatic rings. The number of pyridine rings is 1. The number of hydrogen-bond acceptors (Lipinski definition) is 4. The van der Waals surface area contributed by atoms with E-state index in [1.807, 2.05) is 20.8 Å². The third kappa shape index (κ3) is 5.85. The Kier molecular flexibility index (Phi) is 4.86. The van der Waals surface area contributed by atoms with Crippen LogP contribution in [0.15, 0.2) is 18.3 Å². The molecule has 6 nitrogen and oxygen atoms in total. The average molecular weight is 264 g/mol. The number of amides is 2. The highest BCUT2D eigenvalue weighted by molar-refractivity contribution is 5.94. The number of anilines is 1. The molecule has 0 aliphatic heterocycles. The summed E-state index contributed by atoms with van der Waals surface area (Å²) in [5.74, 6) is -0.0715. The molecular formula is C13H20N4O2. The van der Waals surface area contributed by atoms with Crippen molar-refractivity contribution < 1.29 is 9.59 Å². The Hall–Kier alpha value is -2.11. The number of carbonyl (C=O) groups excluding carboxylic acids is 2. The molecule has 1 heterocycles. The van der Waals surface area contributed by atoms with Crippen LogP contribution in [0.1, 0.15) is 37.6 Å². The van der Waals surface area contributed by atoms with Crippen LogP contribution in [-0.2, 0) is 4.79 Å². The van der Waals surface area contributed by atoms with E-state index in [-0.39, 0.29) is 36.1 Å². The van der Waals surface area contributed by atoms with Gasteiger partial charge in [-0.3, -0.25) is 9.59 Å². The van der Waals surface area contributed by atoms with Gasteiger partial charge in [0, 0.05) is 30.3 Å². The predicted molar refractivity (Wildman–Crippen MR) is 73.5 cm³/mol. The number of nitrogens with zero attached hydrogens (tertiary/aromatic N) is 1. The first-order valence-electron chi connectivity index (χ1n) is 6.09. The Morgan fingerprint density at radius 3 is 2.63 bits per heavy atom. The fourth-order valence-electron chi connectivity index (χ4n) is 1.46. The molecule has 0 saturated carbocycles. The minimum Gasteiger partial charge on any atom is -0.384 e. The zero-order valence-corrected chi connectivity index (χ0v) is 11.5. The van der Waals surface area contributed by atoms with Crippen molar-refractivity contribution in [3.05, 3.63) is 23.9 Å². The van der Waals surface area contributed by atoms with Gasteiger partial charge in [0.25, 0.3) is 5.91 Å². The molecule has 0 unspecified atom stereocenters. The lowest BCUT2D eigenvalue weighted by atomic mass is 10.1. The Morgan fingerprint density at radius 2 is 2.05 bits per heavy atom. The lowest BCUT2D eigenvalue weighted by Crippen LogP contribution is -2.42. The van der Waals surface area contributed by atoms with Crippen molar-refractivity contribution in [2.45, 2.75) is 32.7 Å². The smallest absolute Gasteiger partial charge is 0.251 e. The van der Waals surface area contributed by atoms with E-state index in [1.165, 1.54) is 12.3 Å². The first kappa shape index (κ1) is 14.9. The molecule has 0 spiro atoms. The molecule has 0 fully saturated rings. The number of aromatic nitrogens is 1. The van der Waals surface area contributed by atoms with Crippen LogP contribution in [0.3, 0.4) is 0 Å². The summed E-state index contributed by atoms with van der Waals surface area (Å²) in [5, 5.41) is 5.48. The molecule has 1 aromatic heterocycles. The Balaban J connectivity index is 2.37. The molecule has 0 aliphatic carbocycles. The van der Waals surface area contributed by atoms with Crippen molar-refractivity contribution in [3.63, 3.8) is 0 Å². The first-order valence-corrected chi connectivity index (χ1v) is 6.09. The van der Waals surface area contributed by atoms with Gasteiger partial charge in [-0.1, -0.05) is 0 Å². The van der Waals surface area contributed by atoms with Gasteiger partial charge in [-0.15, -0.1) is 0 Å². The van der Waals surface area contributed by atoms with Gasteiger partial charge in [0.05, 0.1) is 0 Å². The Morgan fingerprint density at radius 1 is 1.37 bits per heavy atom. The molecule has 1 rings (SSSR count). The van der Waals surface area contributed by atoms with Crippen molar-refractivity contribution in [2.24, 2.45) is 0 Å². The summed E-state index contributed by atoms with van der Waals surface area (Å²) < 4.78 is 0. The topological polar surface area (TPSA) is 97.1 Å². The number of nitrogens with two attached hydrogens (primary N) is 1. The van der Waals surface area contributed by atoms with Gasteiger partial charge in [-0.2, -0.15) is 0 Å². The summed E-state index contributed by atoms with van der Waals surface area (Å²) >= 11 is 0. The van der Waals surface area contributed by atoms with Crippen LogP contribution in [0.25, 0.3) is 0 Å². The van der Waals surface area contributed by atoms with Crippen LogP contribution in [0, 0.1) is 0 Å². The minimum atomic E-state index is -0.266. The third-order valence-corrected chi connectivity index (χ3v) is 2.20. The van der Waals surface area contributed by atoms with Crippen LogP contribution >= 0.6 is 0 Å². The molecule has 0 atom stereocenters. The first-order chi connectivity index (χ1) is 8.78. The number of hydrogen-bond donors (Lipinski definition) is 3. The van der Waals surface area contributed by atoms with Crippen LogP contribution in [-0.4, -0.2) is 28.9 Å². The molecule has 0 aromatic carbocycles. The standard InChI is InChI=1S/C13H20N4O2/c1-13(2,3)17-11(18)5-7-16-12(19)9-4-6-15-10(14)8-9/h4,6,8H,5,7H2,1-3H3,(H2,14,15)(H,16,19)(H,17,18). The van der Waals surface area contributed by atoms with E-state index in [0.29, 0.717) is 5.56 Å². The maximum absolute atomic E-state index is 11.7. The highest BCUT2D eigenvalue weighted by Gasteiger charge is 2.13. The monoisotopic (exact) mass is 264 g/mol. The number of rotatable bonds is 4. The molecule has 2 amide bonds. The summed E-state index contributed by atoms with van der Waals surface area (Å²) in [6, 6.07) is 3.06. The van der Waals surface area contributed by atoms with Gasteiger partial charge in [-0.05, 0) is 32.9 Å². The number of nitrogens with one attached hydrogen (secondary N) is 2. The quantitative estimate of drug-likeness (QED) is 0.745. The molecule has 4 N–H and O–H groups in total. The van der Waals surface area contributed by atoms with Crippen LogP contribution in [0.5, 0.6) is 0 Å². The van der Waals surface area contributed by atoms with Crippen molar-refractivity contribution in [1.29, 1.82) is 0 Å². The zero-order chi connectivity index (χ0) is 14.5. The molecular weight excluding hydrogens is 244 g/mol. The summed E-state index contributed by atoms with van der Waals surface area (Å²) in [5.41, 5.74) is 5.66. The minimum absolute atomic E-state index is 0.0953. The number of carbonyl (C=O) groups is 2. The van der Waals surface area contributed by atoms with Crippen molar-refractivity contribution >= 4 is 17.6 Å². The maximum Gasteiger partial charge on any atom is 0.251 e. The maximum atomic E-state index is 11.7. The van der Waals surface area contributed by atoms with Crippen molar-refractivity contribution in [2.75, 3.05) is 12.3 Å². The van der Waals surface area contributed by atoms with Gasteiger partial charge in [0.2, 0.25) is 5.91 Å². The normalized spacial score (nSPS) is 10.9. The number of nitrogen functional groups attached to an aromatic ring is 1. The highest BCUT2D eigenvalue weighted by atomic mass is 16.2. The fraction of sp³-hybridized carbons (Fsp3) is 0.462. The molecule has 0 aliphatic rings. The van der Waals surface area contributed by atoms with E-state index < -0.39 is 0 Å².